The summed E-state index contributed by atoms with van der Waals surface area (Å²) in [5, 5.41) is 1.06. The van der Waals surface area contributed by atoms with Crippen molar-refractivity contribution >= 4 is 40.0 Å². The SMILES string of the molecule is CCn1cc(Cl)c2c(c(NCl)cn2C)c1=O. The van der Waals surface area contributed by atoms with Crippen molar-refractivity contribution in [3.05, 3.63) is 27.8 Å². The van der Waals surface area contributed by atoms with Crippen molar-refractivity contribution in [2.45, 2.75) is 13.5 Å². The Kier molecular flexibility index (Phi) is 2.86. The van der Waals surface area contributed by atoms with Crippen molar-refractivity contribution in [3.8, 4) is 0 Å². The van der Waals surface area contributed by atoms with Gasteiger partial charge in [0.2, 0.25) is 0 Å². The smallest absolute Gasteiger partial charge is 0.262 e. The van der Waals surface area contributed by atoms with Gasteiger partial charge in [0, 0.05) is 37.8 Å². The summed E-state index contributed by atoms with van der Waals surface area (Å²) in [5.74, 6) is 0. The van der Waals surface area contributed by atoms with Crippen LogP contribution in [0.5, 0.6) is 0 Å². The van der Waals surface area contributed by atoms with Gasteiger partial charge in [0.05, 0.1) is 21.6 Å². The highest BCUT2D eigenvalue weighted by molar-refractivity contribution is 6.36. The fraction of sp³-hybridized carbons (Fsp3) is 0.300. The lowest BCUT2D eigenvalue weighted by molar-refractivity contribution is 0.734. The third-order valence-corrected chi connectivity index (χ3v) is 3.07. The van der Waals surface area contributed by atoms with Crippen LogP contribution in [0.25, 0.3) is 10.9 Å². The van der Waals surface area contributed by atoms with E-state index >= 15 is 0 Å². The van der Waals surface area contributed by atoms with Crippen LogP contribution in [0.4, 0.5) is 5.69 Å². The molecule has 1 N–H and O–H groups in total. The van der Waals surface area contributed by atoms with Gasteiger partial charge >= 0.3 is 0 Å². The molecule has 2 aromatic heterocycles. The highest BCUT2D eigenvalue weighted by atomic mass is 35.5. The first-order valence-electron chi connectivity index (χ1n) is 4.84. The van der Waals surface area contributed by atoms with E-state index in [0.717, 1.165) is 0 Å². The minimum absolute atomic E-state index is 0.0920. The van der Waals surface area contributed by atoms with E-state index in [1.807, 2.05) is 14.0 Å². The van der Waals surface area contributed by atoms with E-state index in [1.165, 1.54) is 0 Å². The predicted octanol–water partition coefficient (Wildman–Crippen LogP) is 2.58. The molecule has 0 spiro atoms. The average Bonchev–Trinajstić information content (AvgIpc) is 2.61. The van der Waals surface area contributed by atoms with Crippen LogP contribution in [0, 0.1) is 0 Å². The van der Waals surface area contributed by atoms with Gasteiger partial charge in [-0.25, -0.2) is 0 Å². The molecule has 0 aromatic carbocycles. The third-order valence-electron chi connectivity index (χ3n) is 2.59. The first kappa shape index (κ1) is 11.4. The molecule has 0 aliphatic carbocycles. The Morgan fingerprint density at radius 1 is 1.44 bits per heavy atom. The van der Waals surface area contributed by atoms with Gasteiger partial charge in [0.15, 0.2) is 0 Å². The zero-order valence-electron chi connectivity index (χ0n) is 8.92. The van der Waals surface area contributed by atoms with Crippen LogP contribution in [0.3, 0.4) is 0 Å². The summed E-state index contributed by atoms with van der Waals surface area (Å²) < 4.78 is 3.34. The van der Waals surface area contributed by atoms with Crippen molar-refractivity contribution in [2.75, 3.05) is 4.84 Å². The molecular formula is C10H11Cl2N3O. The van der Waals surface area contributed by atoms with E-state index in [0.29, 0.717) is 28.2 Å². The van der Waals surface area contributed by atoms with E-state index < -0.39 is 0 Å². The second kappa shape index (κ2) is 4.03. The third kappa shape index (κ3) is 1.49. The first-order chi connectivity index (χ1) is 7.60. The summed E-state index contributed by atoms with van der Waals surface area (Å²) in [7, 11) is 1.82. The van der Waals surface area contributed by atoms with Gasteiger partial charge in [-0.05, 0) is 6.92 Å². The molecule has 2 heterocycles. The number of aromatic nitrogens is 2. The normalized spacial score (nSPS) is 11.0. The number of halogens is 2. The van der Waals surface area contributed by atoms with Crippen molar-refractivity contribution in [1.82, 2.24) is 9.13 Å². The van der Waals surface area contributed by atoms with Crippen LogP contribution in [-0.2, 0) is 13.6 Å². The first-order valence-corrected chi connectivity index (χ1v) is 5.60. The van der Waals surface area contributed by atoms with Gasteiger partial charge < -0.3 is 9.13 Å². The topological polar surface area (TPSA) is 39.0 Å². The molecule has 0 fully saturated rings. The lowest BCUT2D eigenvalue weighted by Crippen LogP contribution is -2.19. The van der Waals surface area contributed by atoms with Gasteiger partial charge in [-0.3, -0.25) is 9.63 Å². The molecule has 2 rings (SSSR count). The highest BCUT2D eigenvalue weighted by Gasteiger charge is 2.14. The Bertz CT molecular complexity index is 600. The van der Waals surface area contributed by atoms with Gasteiger partial charge in [0.1, 0.15) is 0 Å². The summed E-state index contributed by atoms with van der Waals surface area (Å²) in [6, 6.07) is 0. The number of pyridine rings is 1. The molecule has 0 saturated carbocycles. The number of hydrogen-bond acceptors (Lipinski definition) is 2. The quantitative estimate of drug-likeness (QED) is 0.843. The van der Waals surface area contributed by atoms with Crippen LogP contribution in [-0.4, -0.2) is 9.13 Å². The summed E-state index contributed by atoms with van der Waals surface area (Å²) >= 11 is 11.7. The second-order valence-electron chi connectivity index (χ2n) is 3.54. The summed E-state index contributed by atoms with van der Waals surface area (Å²) in [4.78, 5) is 14.6. The average molecular weight is 260 g/mol. The molecule has 6 heteroatoms. The standard InChI is InChI=1S/C10H11Cl2N3O/c1-3-15-4-6(11)9-8(10(15)16)7(13-12)5-14(9)2/h4-5,13H,3H2,1-2H3. The molecule has 0 bridgehead atoms. The molecule has 0 aliphatic rings. The van der Waals surface area contributed by atoms with Crippen molar-refractivity contribution in [2.24, 2.45) is 7.05 Å². The monoisotopic (exact) mass is 259 g/mol. The van der Waals surface area contributed by atoms with Crippen molar-refractivity contribution < 1.29 is 0 Å². The Hall–Kier alpha value is -1.13. The zero-order valence-corrected chi connectivity index (χ0v) is 10.4. The Morgan fingerprint density at radius 2 is 2.12 bits per heavy atom. The van der Waals surface area contributed by atoms with Gasteiger partial charge in [-0.15, -0.1) is 0 Å². The second-order valence-corrected chi connectivity index (χ2v) is 4.14. The Morgan fingerprint density at radius 3 is 2.69 bits per heavy atom. The van der Waals surface area contributed by atoms with Gasteiger partial charge in [-0.2, -0.15) is 0 Å². The fourth-order valence-corrected chi connectivity index (χ4v) is 2.33. The maximum atomic E-state index is 12.1. The Balaban J connectivity index is 2.99. The number of anilines is 1. The van der Waals surface area contributed by atoms with E-state index in [4.69, 9.17) is 23.4 Å². The number of nitrogens with zero attached hydrogens (tertiary/aromatic N) is 2. The lowest BCUT2D eigenvalue weighted by atomic mass is 10.3. The highest BCUT2D eigenvalue weighted by Crippen LogP contribution is 2.28. The molecule has 0 aliphatic heterocycles. The zero-order chi connectivity index (χ0) is 11.9. The van der Waals surface area contributed by atoms with Crippen molar-refractivity contribution in [3.63, 3.8) is 0 Å². The van der Waals surface area contributed by atoms with Crippen molar-refractivity contribution in [1.29, 1.82) is 0 Å². The van der Waals surface area contributed by atoms with Crippen LogP contribution < -0.4 is 10.4 Å². The van der Waals surface area contributed by atoms with Crippen LogP contribution in [0.2, 0.25) is 5.02 Å². The molecule has 0 atom stereocenters. The van der Waals surface area contributed by atoms with E-state index in [-0.39, 0.29) is 5.56 Å². The maximum absolute atomic E-state index is 12.1. The lowest BCUT2D eigenvalue weighted by Gasteiger charge is -2.05. The predicted molar refractivity (Wildman–Crippen MR) is 67.3 cm³/mol. The van der Waals surface area contributed by atoms with Gasteiger partial charge in [-0.1, -0.05) is 11.6 Å². The molecule has 0 saturated heterocycles. The summed E-state index contributed by atoms with van der Waals surface area (Å²) in [5.41, 5.74) is 1.18. The molecule has 0 amide bonds. The molecular weight excluding hydrogens is 249 g/mol. The molecule has 86 valence electrons. The summed E-state index contributed by atoms with van der Waals surface area (Å²) in [6.45, 7) is 2.46. The number of fused-ring (bicyclic) bond motifs is 1. The molecule has 2 aromatic rings. The Labute approximate surface area is 102 Å². The molecule has 4 nitrogen and oxygen atoms in total. The minimum atomic E-state index is -0.0920. The van der Waals surface area contributed by atoms with Crippen LogP contribution >= 0.6 is 23.4 Å². The van der Waals surface area contributed by atoms with Gasteiger partial charge in [0.25, 0.3) is 5.56 Å². The number of nitrogens with one attached hydrogen (secondary N) is 1. The van der Waals surface area contributed by atoms with E-state index in [1.54, 1.807) is 21.5 Å². The molecule has 0 unspecified atom stereocenters. The number of aryl methyl sites for hydroxylation is 2. The fourth-order valence-electron chi connectivity index (χ4n) is 1.84. The molecule has 0 radical (unpaired) electrons. The molecule has 16 heavy (non-hydrogen) atoms. The number of rotatable bonds is 2. The number of hydrogen-bond donors (Lipinski definition) is 1. The summed E-state index contributed by atoms with van der Waals surface area (Å²) in [6.07, 6.45) is 3.38. The maximum Gasteiger partial charge on any atom is 0.262 e. The van der Waals surface area contributed by atoms with Crippen LogP contribution in [0.15, 0.2) is 17.2 Å². The van der Waals surface area contributed by atoms with E-state index in [2.05, 4.69) is 4.84 Å². The largest absolute Gasteiger partial charge is 0.347 e. The van der Waals surface area contributed by atoms with Crippen LogP contribution in [0.1, 0.15) is 6.92 Å². The van der Waals surface area contributed by atoms with E-state index in [9.17, 15) is 4.79 Å². The minimum Gasteiger partial charge on any atom is -0.347 e.